The molecule has 1 aliphatic carbocycles. The average molecular weight is 280 g/mol. The quantitative estimate of drug-likeness (QED) is 0.811. The summed E-state index contributed by atoms with van der Waals surface area (Å²) in [5, 5.41) is 3.72. The molecule has 21 heavy (non-hydrogen) atoms. The molecule has 2 unspecified atom stereocenters. The van der Waals surface area contributed by atoms with Gasteiger partial charge >= 0.3 is 0 Å². The molecular weight excluding hydrogens is 256 g/mol. The first-order valence-corrected chi connectivity index (χ1v) is 7.90. The summed E-state index contributed by atoms with van der Waals surface area (Å²) >= 11 is 0. The van der Waals surface area contributed by atoms with Crippen molar-refractivity contribution in [1.29, 1.82) is 0 Å². The third-order valence-electron chi connectivity index (χ3n) is 4.58. The molecule has 0 saturated heterocycles. The fourth-order valence-corrected chi connectivity index (χ4v) is 3.27. The zero-order chi connectivity index (χ0) is 14.7. The van der Waals surface area contributed by atoms with Gasteiger partial charge in [0, 0.05) is 11.7 Å². The molecule has 3 rings (SSSR count). The SMILES string of the molecule is CC(CCNC1CCc2cc(N)ccc21)c1ccccc1. The second-order valence-electron chi connectivity index (χ2n) is 6.10. The van der Waals surface area contributed by atoms with Crippen LogP contribution in [0.5, 0.6) is 0 Å². The van der Waals surface area contributed by atoms with Gasteiger partial charge in [0.25, 0.3) is 0 Å². The molecule has 0 bridgehead atoms. The van der Waals surface area contributed by atoms with Crippen LogP contribution in [0, 0.1) is 0 Å². The molecule has 2 heteroatoms. The van der Waals surface area contributed by atoms with Crippen molar-refractivity contribution >= 4 is 5.69 Å². The van der Waals surface area contributed by atoms with Crippen molar-refractivity contribution in [3.05, 3.63) is 65.2 Å². The van der Waals surface area contributed by atoms with Crippen molar-refractivity contribution in [1.82, 2.24) is 5.32 Å². The molecule has 3 N–H and O–H groups in total. The van der Waals surface area contributed by atoms with E-state index in [4.69, 9.17) is 5.73 Å². The van der Waals surface area contributed by atoms with Crippen LogP contribution in [0.1, 0.15) is 48.4 Å². The number of nitrogens with one attached hydrogen (secondary N) is 1. The number of nitrogens with two attached hydrogens (primary N) is 1. The summed E-state index contributed by atoms with van der Waals surface area (Å²) in [5.74, 6) is 0.603. The van der Waals surface area contributed by atoms with E-state index in [9.17, 15) is 0 Å². The highest BCUT2D eigenvalue weighted by atomic mass is 14.9. The second-order valence-corrected chi connectivity index (χ2v) is 6.10. The van der Waals surface area contributed by atoms with Gasteiger partial charge in [-0.1, -0.05) is 43.3 Å². The van der Waals surface area contributed by atoms with Crippen LogP contribution in [0.2, 0.25) is 0 Å². The number of benzene rings is 2. The van der Waals surface area contributed by atoms with Crippen LogP contribution < -0.4 is 11.1 Å². The Morgan fingerprint density at radius 3 is 2.81 bits per heavy atom. The summed E-state index contributed by atoms with van der Waals surface area (Å²) in [5.41, 5.74) is 11.0. The van der Waals surface area contributed by atoms with Crippen molar-refractivity contribution < 1.29 is 0 Å². The van der Waals surface area contributed by atoms with Gasteiger partial charge in [0.2, 0.25) is 0 Å². The summed E-state index contributed by atoms with van der Waals surface area (Å²) in [4.78, 5) is 0. The van der Waals surface area contributed by atoms with E-state index in [0.717, 1.165) is 18.7 Å². The molecule has 110 valence electrons. The van der Waals surface area contributed by atoms with Gasteiger partial charge in [-0.2, -0.15) is 0 Å². The van der Waals surface area contributed by atoms with E-state index < -0.39 is 0 Å². The fourth-order valence-electron chi connectivity index (χ4n) is 3.27. The number of aryl methyl sites for hydroxylation is 1. The van der Waals surface area contributed by atoms with E-state index in [1.165, 1.54) is 29.5 Å². The molecule has 0 amide bonds. The van der Waals surface area contributed by atoms with Crippen LogP contribution in [0.4, 0.5) is 5.69 Å². The van der Waals surface area contributed by atoms with Crippen LogP contribution in [-0.4, -0.2) is 6.54 Å². The van der Waals surface area contributed by atoms with Crippen LogP contribution in [0.3, 0.4) is 0 Å². The molecule has 0 aliphatic heterocycles. The Balaban J connectivity index is 1.53. The number of hydrogen-bond acceptors (Lipinski definition) is 2. The third kappa shape index (κ3) is 3.27. The highest BCUT2D eigenvalue weighted by molar-refractivity contribution is 5.47. The Morgan fingerprint density at radius 2 is 2.00 bits per heavy atom. The largest absolute Gasteiger partial charge is 0.399 e. The minimum atomic E-state index is 0.503. The van der Waals surface area contributed by atoms with Crippen molar-refractivity contribution in [2.24, 2.45) is 0 Å². The predicted octanol–water partition coefficient (Wildman–Crippen LogP) is 4.04. The van der Waals surface area contributed by atoms with Gasteiger partial charge in [0.05, 0.1) is 0 Å². The van der Waals surface area contributed by atoms with Crippen molar-refractivity contribution in [2.75, 3.05) is 12.3 Å². The monoisotopic (exact) mass is 280 g/mol. The number of nitrogen functional groups attached to an aromatic ring is 1. The Labute approximate surface area is 127 Å². The number of rotatable bonds is 5. The van der Waals surface area contributed by atoms with Gasteiger partial charge in [-0.25, -0.2) is 0 Å². The van der Waals surface area contributed by atoms with Crippen LogP contribution in [0.15, 0.2) is 48.5 Å². The zero-order valence-corrected chi connectivity index (χ0v) is 12.7. The van der Waals surface area contributed by atoms with Crippen molar-refractivity contribution in [2.45, 2.75) is 38.1 Å². The number of fused-ring (bicyclic) bond motifs is 1. The van der Waals surface area contributed by atoms with E-state index in [1.54, 1.807) is 0 Å². The van der Waals surface area contributed by atoms with E-state index in [1.807, 2.05) is 6.07 Å². The molecule has 0 spiro atoms. The summed E-state index contributed by atoms with van der Waals surface area (Å²) < 4.78 is 0. The smallest absolute Gasteiger partial charge is 0.0326 e. The molecule has 0 fully saturated rings. The summed E-state index contributed by atoms with van der Waals surface area (Å²) in [6, 6.07) is 17.6. The van der Waals surface area contributed by atoms with Crippen molar-refractivity contribution in [3.63, 3.8) is 0 Å². The van der Waals surface area contributed by atoms with Crippen molar-refractivity contribution in [3.8, 4) is 0 Å². The standard InChI is InChI=1S/C19H24N2/c1-14(15-5-3-2-4-6-15)11-12-21-19-10-7-16-13-17(20)8-9-18(16)19/h2-6,8-9,13-14,19,21H,7,10-12,20H2,1H3. The highest BCUT2D eigenvalue weighted by Gasteiger charge is 2.21. The van der Waals surface area contributed by atoms with Gasteiger partial charge in [-0.05, 0) is 60.5 Å². The molecule has 1 aliphatic rings. The lowest BCUT2D eigenvalue weighted by Crippen LogP contribution is -2.21. The van der Waals surface area contributed by atoms with Gasteiger partial charge in [0.1, 0.15) is 0 Å². The average Bonchev–Trinajstić information content (AvgIpc) is 2.90. The minimum absolute atomic E-state index is 0.503. The maximum absolute atomic E-state index is 5.86. The first-order valence-electron chi connectivity index (χ1n) is 7.90. The van der Waals surface area contributed by atoms with Gasteiger partial charge in [0.15, 0.2) is 0 Å². The highest BCUT2D eigenvalue weighted by Crippen LogP contribution is 2.32. The first kappa shape index (κ1) is 14.2. The molecule has 2 nitrogen and oxygen atoms in total. The van der Waals surface area contributed by atoms with E-state index in [2.05, 4.69) is 54.7 Å². The maximum atomic E-state index is 5.86. The first-order chi connectivity index (χ1) is 10.2. The number of hydrogen-bond donors (Lipinski definition) is 2. The van der Waals surface area contributed by atoms with E-state index in [-0.39, 0.29) is 0 Å². The lowest BCUT2D eigenvalue weighted by atomic mass is 9.97. The Bertz CT molecular complexity index is 592. The predicted molar refractivity (Wildman–Crippen MR) is 89.4 cm³/mol. The summed E-state index contributed by atoms with van der Waals surface area (Å²) in [7, 11) is 0. The van der Waals surface area contributed by atoms with E-state index >= 15 is 0 Å². The van der Waals surface area contributed by atoms with Crippen LogP contribution in [0.25, 0.3) is 0 Å². The normalized spacial score (nSPS) is 18.4. The number of anilines is 1. The molecule has 0 heterocycles. The molecular formula is C19H24N2. The molecule has 0 aromatic heterocycles. The third-order valence-corrected chi connectivity index (χ3v) is 4.58. The molecule has 2 atom stereocenters. The molecule has 2 aromatic rings. The van der Waals surface area contributed by atoms with Crippen LogP contribution in [-0.2, 0) is 6.42 Å². The van der Waals surface area contributed by atoms with Crippen LogP contribution >= 0.6 is 0 Å². The fraction of sp³-hybridized carbons (Fsp3) is 0.368. The molecule has 0 saturated carbocycles. The molecule has 2 aromatic carbocycles. The second kappa shape index (κ2) is 6.31. The van der Waals surface area contributed by atoms with Gasteiger partial charge in [-0.3, -0.25) is 0 Å². The lowest BCUT2D eigenvalue weighted by Gasteiger charge is -2.17. The van der Waals surface area contributed by atoms with Gasteiger partial charge in [-0.15, -0.1) is 0 Å². The van der Waals surface area contributed by atoms with Gasteiger partial charge < -0.3 is 11.1 Å². The topological polar surface area (TPSA) is 38.0 Å². The Kier molecular flexibility index (Phi) is 4.26. The summed E-state index contributed by atoms with van der Waals surface area (Å²) in [6.45, 7) is 3.37. The summed E-state index contributed by atoms with van der Waals surface area (Å²) in [6.07, 6.45) is 3.51. The lowest BCUT2D eigenvalue weighted by molar-refractivity contribution is 0.501. The zero-order valence-electron chi connectivity index (χ0n) is 12.7. The Hall–Kier alpha value is -1.80. The minimum Gasteiger partial charge on any atom is -0.399 e. The molecule has 0 radical (unpaired) electrons. The van der Waals surface area contributed by atoms with E-state index in [0.29, 0.717) is 12.0 Å². The Morgan fingerprint density at radius 1 is 1.19 bits per heavy atom. The maximum Gasteiger partial charge on any atom is 0.0326 e.